The van der Waals surface area contributed by atoms with Gasteiger partial charge in [-0.25, -0.2) is 0 Å². The zero-order valence-corrected chi connectivity index (χ0v) is 13.6. The van der Waals surface area contributed by atoms with Crippen molar-refractivity contribution in [3.63, 3.8) is 0 Å². The Labute approximate surface area is 148 Å². The summed E-state index contributed by atoms with van der Waals surface area (Å²) in [6.07, 6.45) is 0. The fourth-order valence-electron chi connectivity index (χ4n) is 2.04. The van der Waals surface area contributed by atoms with Crippen LogP contribution in [0, 0.1) is 13.8 Å². The number of hydrogen-bond acceptors (Lipinski definition) is 5. The smallest absolute Gasteiger partial charge is 0.832 e. The molecule has 0 saturated heterocycles. The van der Waals surface area contributed by atoms with Gasteiger partial charge in [-0.1, -0.05) is 36.4 Å². The monoisotopic (exact) mass is 308 g/mol. The number of phenols is 2. The first-order chi connectivity index (χ1) is 10.5. The minimum Gasteiger partial charge on any atom is -0.832 e. The van der Waals surface area contributed by atoms with Gasteiger partial charge in [0.2, 0.25) is 0 Å². The van der Waals surface area contributed by atoms with Crippen LogP contribution in [0.4, 0.5) is 0 Å². The number of aryl methyl sites for hydroxylation is 2. The fraction of sp³-hybridized carbons (Fsp3) is 0.250. The van der Waals surface area contributed by atoms with Crippen molar-refractivity contribution < 1.29 is 43.4 Å². The van der Waals surface area contributed by atoms with E-state index in [4.69, 9.17) is 9.31 Å². The molecule has 0 bridgehead atoms. The van der Waals surface area contributed by atoms with Crippen molar-refractivity contribution in [2.24, 2.45) is 0 Å². The molecule has 7 heteroatoms. The maximum absolute atomic E-state index is 11.7. The Morgan fingerprint density at radius 3 is 1.65 bits per heavy atom. The maximum Gasteiger partial charge on any atom is 1.00 e. The van der Waals surface area contributed by atoms with Crippen LogP contribution in [0.3, 0.4) is 0 Å². The average molecular weight is 308 g/mol. The molecule has 0 heterocycles. The number of hydrogen-bond donors (Lipinski definition) is 2. The zero-order valence-electron chi connectivity index (χ0n) is 13.6. The average Bonchev–Trinajstić information content (AvgIpc) is 2.50. The Morgan fingerprint density at radius 1 is 0.870 bits per heavy atom. The van der Waals surface area contributed by atoms with E-state index in [1.54, 1.807) is 50.2 Å². The quantitative estimate of drug-likeness (QED) is 0.655. The maximum atomic E-state index is 11.7. The predicted molar refractivity (Wildman–Crippen MR) is 81.0 cm³/mol. The molecule has 23 heavy (non-hydrogen) atoms. The minimum absolute atomic E-state index is 0. The Kier molecular flexibility index (Phi) is 7.70. The molecule has 0 aliphatic carbocycles. The van der Waals surface area contributed by atoms with Gasteiger partial charge in [0, 0.05) is 11.1 Å². The first kappa shape index (κ1) is 19.6. The molecule has 0 aromatic heterocycles. The van der Waals surface area contributed by atoms with E-state index >= 15 is 0 Å². The van der Waals surface area contributed by atoms with Crippen LogP contribution in [0.1, 0.15) is 22.3 Å². The van der Waals surface area contributed by atoms with Gasteiger partial charge in [0.15, 0.2) is 0 Å². The van der Waals surface area contributed by atoms with Gasteiger partial charge in [0.1, 0.15) is 11.5 Å². The molecule has 0 saturated carbocycles. The van der Waals surface area contributed by atoms with E-state index in [0.717, 1.165) is 0 Å². The fourth-order valence-corrected chi connectivity index (χ4v) is 2.04. The van der Waals surface area contributed by atoms with Gasteiger partial charge in [-0.2, -0.15) is 0 Å². The number of benzene rings is 2. The van der Waals surface area contributed by atoms with Crippen LogP contribution in [-0.4, -0.2) is 17.5 Å². The molecule has 2 aromatic rings. The molecule has 0 atom stereocenters. The Morgan fingerprint density at radius 2 is 1.26 bits per heavy atom. The Bertz CT molecular complexity index is 595. The Hall–Kier alpha value is -1.42. The van der Waals surface area contributed by atoms with E-state index in [1.165, 1.54) is 0 Å². The molecule has 116 valence electrons. The zero-order chi connectivity index (χ0) is 16.1. The van der Waals surface area contributed by atoms with Crippen LogP contribution < -0.4 is 23.9 Å². The summed E-state index contributed by atoms with van der Waals surface area (Å²) in [5, 5.41) is 31.3. The SMILES string of the molecule is Cc1cccc(COB([O-])OCc2cccc(C)c2O)c1O.[Li+]. The number of aromatic hydroxyl groups is 2. The van der Waals surface area contributed by atoms with Crippen LogP contribution in [0.25, 0.3) is 0 Å². The Balaban J connectivity index is 0.00000264. The van der Waals surface area contributed by atoms with Crippen molar-refractivity contribution in [2.45, 2.75) is 27.1 Å². The van der Waals surface area contributed by atoms with Gasteiger partial charge in [-0.05, 0) is 25.0 Å². The van der Waals surface area contributed by atoms with Crippen LogP contribution in [-0.2, 0) is 22.5 Å². The van der Waals surface area contributed by atoms with E-state index in [2.05, 4.69) is 0 Å². The first-order valence-corrected chi connectivity index (χ1v) is 6.93. The van der Waals surface area contributed by atoms with Crippen LogP contribution >= 0.6 is 0 Å². The van der Waals surface area contributed by atoms with Gasteiger partial charge in [-0.3, -0.25) is 0 Å². The van der Waals surface area contributed by atoms with Crippen molar-refractivity contribution in [1.29, 1.82) is 0 Å². The molecule has 2 N–H and O–H groups in total. The number of rotatable bonds is 6. The number of phenolic OH excluding ortho intramolecular Hbond substituents is 2. The third-order valence-corrected chi connectivity index (χ3v) is 3.39. The summed E-state index contributed by atoms with van der Waals surface area (Å²) in [5.74, 6) is 0.233. The second-order valence-corrected chi connectivity index (χ2v) is 5.08. The van der Waals surface area contributed by atoms with E-state index in [1.807, 2.05) is 0 Å². The molecule has 2 rings (SSSR count). The molecule has 0 fully saturated rings. The summed E-state index contributed by atoms with van der Waals surface area (Å²) >= 11 is 0. The van der Waals surface area contributed by atoms with Crippen LogP contribution in [0.15, 0.2) is 36.4 Å². The summed E-state index contributed by atoms with van der Waals surface area (Å²) in [5.41, 5.74) is 2.49. The van der Waals surface area contributed by atoms with Crippen LogP contribution in [0.2, 0.25) is 0 Å². The summed E-state index contributed by atoms with van der Waals surface area (Å²) < 4.78 is 10.1. The molecular formula is C16H18BLiO5. The predicted octanol–water partition coefficient (Wildman–Crippen LogP) is -1.20. The van der Waals surface area contributed by atoms with Gasteiger partial charge in [0.05, 0.1) is 13.2 Å². The standard InChI is InChI=1S/C16H18BO5.Li/c1-11-5-3-7-13(15(11)18)9-21-17(20)22-10-14-8-4-6-12(2)16(14)19;/h3-8,18-19H,9-10H2,1-2H3;/q-1;+1. The molecule has 0 radical (unpaired) electrons. The normalized spacial score (nSPS) is 10.2. The summed E-state index contributed by atoms with van der Waals surface area (Å²) in [6, 6.07) is 10.5. The van der Waals surface area contributed by atoms with E-state index in [-0.39, 0.29) is 43.6 Å². The molecule has 5 nitrogen and oxygen atoms in total. The van der Waals surface area contributed by atoms with Crippen molar-refractivity contribution in [2.75, 3.05) is 0 Å². The van der Waals surface area contributed by atoms with Gasteiger partial charge >= 0.3 is 26.2 Å². The van der Waals surface area contributed by atoms with Crippen molar-refractivity contribution >= 4 is 7.32 Å². The third-order valence-electron chi connectivity index (χ3n) is 3.39. The van der Waals surface area contributed by atoms with Crippen LogP contribution in [0.5, 0.6) is 11.5 Å². The van der Waals surface area contributed by atoms with E-state index in [0.29, 0.717) is 22.3 Å². The van der Waals surface area contributed by atoms with Crippen molar-refractivity contribution in [1.82, 2.24) is 0 Å². The second-order valence-electron chi connectivity index (χ2n) is 5.08. The molecule has 0 spiro atoms. The second kappa shape index (κ2) is 9.02. The summed E-state index contributed by atoms with van der Waals surface area (Å²) in [7, 11) is -1.69. The molecular weight excluding hydrogens is 290 g/mol. The van der Waals surface area contributed by atoms with Gasteiger partial charge in [-0.15, -0.1) is 0 Å². The van der Waals surface area contributed by atoms with Gasteiger partial charge in [0.25, 0.3) is 0 Å². The van der Waals surface area contributed by atoms with Crippen molar-refractivity contribution in [3.8, 4) is 11.5 Å². The van der Waals surface area contributed by atoms with E-state index in [9.17, 15) is 15.2 Å². The third kappa shape index (κ3) is 5.31. The molecule has 0 unspecified atom stereocenters. The minimum atomic E-state index is -1.69. The van der Waals surface area contributed by atoms with Gasteiger partial charge < -0.3 is 24.5 Å². The first-order valence-electron chi connectivity index (χ1n) is 6.93. The molecule has 0 amide bonds. The molecule has 2 aromatic carbocycles. The molecule has 0 aliphatic rings. The number of para-hydroxylation sites is 2. The topological polar surface area (TPSA) is 82.0 Å². The van der Waals surface area contributed by atoms with Crippen molar-refractivity contribution in [3.05, 3.63) is 58.7 Å². The summed E-state index contributed by atoms with van der Waals surface area (Å²) in [6.45, 7) is 3.46. The van der Waals surface area contributed by atoms with E-state index < -0.39 is 7.32 Å². The molecule has 0 aliphatic heterocycles. The largest absolute Gasteiger partial charge is 1.00 e. The summed E-state index contributed by atoms with van der Waals surface area (Å²) in [4.78, 5) is 0.